The van der Waals surface area contributed by atoms with Crippen LogP contribution in [0.2, 0.25) is 6.55 Å². The highest BCUT2D eigenvalue weighted by atomic mass is 32.3. The fourth-order valence-corrected chi connectivity index (χ4v) is 30.5. The summed E-state index contributed by atoms with van der Waals surface area (Å²) in [6, 6.07) is -1.96. The van der Waals surface area contributed by atoms with Crippen LogP contribution in [0.3, 0.4) is 0 Å². The number of ether oxygens (including phenoxy) is 2. The number of rotatable bonds is 43. The van der Waals surface area contributed by atoms with Crippen LogP contribution in [-0.2, 0) is 197 Å². The lowest BCUT2D eigenvalue weighted by Crippen LogP contribution is -2.72. The molecular formula is C22H49NO62S10Si7. The summed E-state index contributed by atoms with van der Waals surface area (Å²) in [5.74, 6) is -1.14. The zero-order valence-electron chi connectivity index (χ0n) is 48.5. The van der Waals surface area contributed by atoms with Gasteiger partial charge in [0.25, 0.3) is 0 Å². The van der Waals surface area contributed by atoms with Crippen molar-refractivity contribution < 1.29 is 277 Å². The summed E-state index contributed by atoms with van der Waals surface area (Å²) in [5.41, 5.74) is -5.54. The Bertz CT molecular complexity index is 4070. The molecule has 2 heterocycles. The third-order valence-corrected chi connectivity index (χ3v) is 34.5. The van der Waals surface area contributed by atoms with Crippen molar-refractivity contribution in [1.82, 2.24) is 4.90 Å². The normalized spacial score (nSPS) is 27.5. The number of nitrogens with zero attached hydrogens (tertiary/aromatic N) is 1. The van der Waals surface area contributed by atoms with E-state index in [1.165, 1.54) is 0 Å². The van der Waals surface area contributed by atoms with Crippen molar-refractivity contribution in [2.45, 2.75) is 77.0 Å². The molecule has 0 amide bonds. The largest absolute Gasteiger partial charge is 0.713 e. The third-order valence-electron chi connectivity index (χ3n) is 10.9. The van der Waals surface area contributed by atoms with E-state index in [1.54, 1.807) is 0 Å². The smallest absolute Gasteiger partial charge is 0.391 e. The van der Waals surface area contributed by atoms with Gasteiger partial charge in [-0.25, -0.2) is 63.0 Å². The van der Waals surface area contributed by atoms with E-state index in [-0.39, 0.29) is 6.55 Å². The summed E-state index contributed by atoms with van der Waals surface area (Å²) in [5, 5.41) is 36.1. The number of carbonyl (C=O) groups is 1. The number of ketones is 1. The van der Waals surface area contributed by atoms with E-state index in [1.807, 2.05) is 0 Å². The Hall–Kier alpha value is -1.19. The highest BCUT2D eigenvalue weighted by molar-refractivity contribution is 7.96. The molecule has 80 heteroatoms. The van der Waals surface area contributed by atoms with Crippen LogP contribution < -0.4 is 0 Å². The molecule has 2 fully saturated rings. The topological polar surface area (TPSA) is 944 Å². The second kappa shape index (κ2) is 34.6. The Balaban J connectivity index is 2.47. The molecule has 0 radical (unpaired) electrons. The predicted octanol–water partition coefficient (Wildman–Crippen LogP) is -15.9. The maximum absolute atomic E-state index is 14.3. The van der Waals surface area contributed by atoms with Gasteiger partial charge in [-0.05, 0) is 42.7 Å². The lowest BCUT2D eigenvalue weighted by molar-refractivity contribution is -0.591. The molecule has 2 aliphatic heterocycles. The SMILES string of the molecule is CC1=CC(=O)C(N(C)C)C=C1C1(S(=O)(=O)OO)OC(COS(=O)(=O)O)C(OS(=O)(=O)O)C(OS(=O)(=O)O[Si](O)(O[SiH](O)OO[Si](O)(O[Si](C)(O)O[Si](O)(O)O)OS(=O)(=O)OC2C(OS(=O)(=O)O)C(COS(=O)(=O)O)OC(SOOOO)C2S(=O)(=O)OO)O[Si](O)(O)O[Si](O)(O)O)C1S(=O)(=O)OO. The van der Waals surface area contributed by atoms with Crippen molar-refractivity contribution in [2.75, 3.05) is 27.3 Å². The Kier molecular flexibility index (Phi) is 32.2. The monoisotopic (exact) mass is 1830 g/mol. The number of carbonyl (C=O) groups excluding carboxylic acids is 1. The van der Waals surface area contributed by atoms with Gasteiger partial charge in [-0.1, -0.05) is 6.08 Å². The van der Waals surface area contributed by atoms with Crippen molar-refractivity contribution in [3.8, 4) is 0 Å². The van der Waals surface area contributed by atoms with Gasteiger partial charge >= 0.3 is 156 Å². The molecule has 3 aliphatic rings. The number of hydrogen-bond donors (Lipinski definition) is 20. The van der Waals surface area contributed by atoms with E-state index in [2.05, 4.69) is 90.0 Å². The Labute approximate surface area is 579 Å². The molecule has 0 spiro atoms. The van der Waals surface area contributed by atoms with E-state index in [9.17, 15) is 168 Å². The van der Waals surface area contributed by atoms with Gasteiger partial charge in [0.2, 0.25) is 4.93 Å². The molecule has 15 atom stereocenters. The fourth-order valence-electron chi connectivity index (χ4n) is 7.99. The first kappa shape index (κ1) is 95.0. The van der Waals surface area contributed by atoms with Crippen LogP contribution in [0.1, 0.15) is 6.92 Å². The summed E-state index contributed by atoms with van der Waals surface area (Å²) < 4.78 is 359. The molecule has 3 rings (SSSR count). The average Bonchev–Trinajstić information content (AvgIpc) is 0.693. The zero-order chi connectivity index (χ0) is 79.5. The van der Waals surface area contributed by atoms with E-state index < -0.39 is 262 Å². The Morgan fingerprint density at radius 1 is 0.598 bits per heavy atom. The maximum atomic E-state index is 14.3. The van der Waals surface area contributed by atoms with Crippen LogP contribution >= 0.6 is 12.0 Å². The van der Waals surface area contributed by atoms with Gasteiger partial charge in [0, 0.05) is 12.1 Å². The third kappa shape index (κ3) is 28.6. The van der Waals surface area contributed by atoms with Gasteiger partial charge in [-0.3, -0.25) is 27.9 Å². The van der Waals surface area contributed by atoms with Crippen molar-refractivity contribution >= 4 is 174 Å². The van der Waals surface area contributed by atoms with Gasteiger partial charge in [0.05, 0.1) is 31.3 Å². The molecule has 0 aromatic rings. The summed E-state index contributed by atoms with van der Waals surface area (Å²) in [6.07, 6.45) is -21.4. The summed E-state index contributed by atoms with van der Waals surface area (Å²) >= 11 is -0.791. The highest BCUT2D eigenvalue weighted by Gasteiger charge is 2.73. The van der Waals surface area contributed by atoms with Gasteiger partial charge in [0.15, 0.2) is 21.7 Å². The van der Waals surface area contributed by atoms with Crippen LogP contribution in [0, 0.1) is 0 Å². The first-order chi connectivity index (χ1) is 45.5. The first-order valence-electron chi connectivity index (χ1n) is 23.7. The minimum absolute atomic E-state index is 0.0783. The average molecular weight is 1840 g/mol. The molecule has 0 saturated carbocycles. The zero-order valence-corrected chi connectivity index (χ0v) is 63.9. The van der Waals surface area contributed by atoms with Gasteiger partial charge in [-0.2, -0.15) is 75.8 Å². The van der Waals surface area contributed by atoms with Crippen molar-refractivity contribution in [2.24, 2.45) is 0 Å². The summed E-state index contributed by atoms with van der Waals surface area (Å²) in [4.78, 5) is 132. The number of hydrogen-bond acceptors (Lipinski definition) is 60. The standard InChI is InChI=1S/C22H49NO62S10Si7/c1-9-5-12(24)11(23(2)3)6-10(9)22(89(33,34)74-28)20(88(31,32)73-27)18(16(68-93(44,45)46)14(66-22)8-64-91(38,39)40)70-95(49,50)80-102(62,85-100(59,60)84-99(56,57)58)81-96(51)77-78-101(61,83-97(4,52)82-98(53,54)55)79-94(47,48)69-17-15(67-92(41,42)43)13(7-63-90(35,36)37)65-21(86-76-75-71-25)19(17)87(29,30)72-26/h5-6,11,13-21,25-28,51-62,96H,7-8H2,1-4H3,(H,35,36,37)(H,38,39,40)(H,41,42,43)(H,44,45,46). The van der Waals surface area contributed by atoms with E-state index in [0.717, 1.165) is 19.0 Å². The molecule has 102 heavy (non-hydrogen) atoms. The van der Waals surface area contributed by atoms with E-state index in [4.69, 9.17) is 19.3 Å². The minimum atomic E-state index is -8.05. The fraction of sp³-hybridized carbons (Fsp3) is 0.773. The second-order valence-electron chi connectivity index (χ2n) is 18.6. The molecule has 0 aromatic carbocycles. The van der Waals surface area contributed by atoms with Gasteiger partial charge in [-0.15, -0.1) is 17.3 Å². The van der Waals surface area contributed by atoms with Crippen molar-refractivity contribution in [1.29, 1.82) is 0 Å². The molecule has 15 unspecified atom stereocenters. The molecule has 0 aromatic heterocycles. The number of likely N-dealkylation sites (N-methyl/N-ethyl adjacent to an activating group) is 1. The highest BCUT2D eigenvalue weighted by Crippen LogP contribution is 2.50. The van der Waals surface area contributed by atoms with Crippen LogP contribution in [0.25, 0.3) is 0 Å². The molecule has 0 bridgehead atoms. The first-order valence-corrected chi connectivity index (χ1v) is 49.3. The minimum Gasteiger partial charge on any atom is -0.391 e. The maximum Gasteiger partial charge on any atom is 0.713 e. The second-order valence-corrected chi connectivity index (χ2v) is 44.5. The molecule has 2 saturated heterocycles. The van der Waals surface area contributed by atoms with Crippen LogP contribution in [0.5, 0.6) is 0 Å². The Morgan fingerprint density at radius 2 is 1.07 bits per heavy atom. The molecule has 20 N–H and O–H groups in total. The molecule has 63 nitrogen and oxygen atoms in total. The lowest BCUT2D eigenvalue weighted by Gasteiger charge is -2.50. The molecule has 1 aliphatic carbocycles. The quantitative estimate of drug-likeness (QED) is 0.00673. The van der Waals surface area contributed by atoms with Crippen molar-refractivity contribution in [3.05, 3.63) is 23.3 Å². The molecular weight excluding hydrogens is 1790 g/mol. The van der Waals surface area contributed by atoms with Crippen molar-refractivity contribution in [3.63, 3.8) is 0 Å². The van der Waals surface area contributed by atoms with Crippen LogP contribution in [0.15, 0.2) is 23.3 Å². The van der Waals surface area contributed by atoms with E-state index in [0.29, 0.717) is 19.1 Å². The predicted molar refractivity (Wildman–Crippen MR) is 299 cm³/mol. The van der Waals surface area contributed by atoms with Gasteiger partial charge < -0.3 is 87.6 Å². The van der Waals surface area contributed by atoms with Gasteiger partial charge in [0.1, 0.15) is 36.6 Å². The van der Waals surface area contributed by atoms with Crippen LogP contribution in [0.4, 0.5) is 0 Å². The Morgan fingerprint density at radius 3 is 1.51 bits per heavy atom. The summed E-state index contributed by atoms with van der Waals surface area (Å²) in [6.45, 7) is -3.86. The van der Waals surface area contributed by atoms with E-state index >= 15 is 0 Å². The lowest BCUT2D eigenvalue weighted by atomic mass is 9.85. The summed E-state index contributed by atoms with van der Waals surface area (Å²) in [7, 11) is -107. The molecule has 602 valence electrons. The van der Waals surface area contributed by atoms with Crippen LogP contribution in [-0.4, -0.2) is 338 Å².